The number of halogens is 2. The van der Waals surface area contributed by atoms with Crippen molar-refractivity contribution in [3.8, 4) is 0 Å². The Morgan fingerprint density at radius 1 is 1.53 bits per heavy atom. The second-order valence-electron chi connectivity index (χ2n) is 3.86. The Morgan fingerprint density at radius 2 is 2.27 bits per heavy atom. The van der Waals surface area contributed by atoms with E-state index in [2.05, 4.69) is 10.6 Å². The Morgan fingerprint density at radius 3 is 2.73 bits per heavy atom. The van der Waals surface area contributed by atoms with Crippen molar-refractivity contribution in [1.82, 2.24) is 10.6 Å². The second-order valence-corrected chi connectivity index (χ2v) is 4.27. The summed E-state index contributed by atoms with van der Waals surface area (Å²) in [5.74, 6) is 0.207. The average molecular weight is 229 g/mol. The molecule has 2 rings (SSSR count). The minimum absolute atomic E-state index is 0.194. The van der Waals surface area contributed by atoms with Gasteiger partial charge in [-0.3, -0.25) is 0 Å². The van der Waals surface area contributed by atoms with Crippen molar-refractivity contribution in [2.24, 2.45) is 5.92 Å². The minimum Gasteiger partial charge on any atom is -0.316 e. The zero-order valence-electron chi connectivity index (χ0n) is 8.56. The first kappa shape index (κ1) is 10.9. The van der Waals surface area contributed by atoms with Crippen molar-refractivity contribution in [1.29, 1.82) is 0 Å². The van der Waals surface area contributed by atoms with Crippen molar-refractivity contribution in [3.63, 3.8) is 0 Å². The quantitative estimate of drug-likeness (QED) is 0.827. The summed E-state index contributed by atoms with van der Waals surface area (Å²) in [6.45, 7) is 2.00. The maximum absolute atomic E-state index is 13.0. The molecular weight excluding hydrogens is 215 g/mol. The monoisotopic (exact) mass is 228 g/mol. The summed E-state index contributed by atoms with van der Waals surface area (Å²) < 4.78 is 13.0. The fraction of sp³-hybridized carbons (Fsp3) is 0.455. The fourth-order valence-electron chi connectivity index (χ4n) is 1.93. The van der Waals surface area contributed by atoms with Gasteiger partial charge in [-0.1, -0.05) is 17.7 Å². The lowest BCUT2D eigenvalue weighted by Gasteiger charge is -2.35. The van der Waals surface area contributed by atoms with Crippen LogP contribution in [-0.4, -0.2) is 20.1 Å². The van der Waals surface area contributed by atoms with Crippen LogP contribution >= 0.6 is 11.6 Å². The molecule has 1 aliphatic heterocycles. The SMILES string of the molecule is CNC(c1ccc(F)c(Cl)c1)C1CNC1. The van der Waals surface area contributed by atoms with E-state index in [0.29, 0.717) is 5.92 Å². The lowest BCUT2D eigenvalue weighted by Crippen LogP contribution is -2.48. The van der Waals surface area contributed by atoms with E-state index in [1.165, 1.54) is 6.07 Å². The standard InChI is InChI=1S/C11H14ClFN2/c1-14-11(8-5-15-6-8)7-2-3-10(13)9(12)4-7/h2-4,8,11,14-15H,5-6H2,1H3. The first-order valence-corrected chi connectivity index (χ1v) is 5.43. The molecule has 2 N–H and O–H groups in total. The number of hydrogen-bond acceptors (Lipinski definition) is 2. The Kier molecular flexibility index (Phi) is 3.24. The molecule has 1 atom stereocenters. The van der Waals surface area contributed by atoms with E-state index in [1.807, 2.05) is 7.05 Å². The van der Waals surface area contributed by atoms with Gasteiger partial charge in [-0.05, 0) is 24.7 Å². The summed E-state index contributed by atoms with van der Waals surface area (Å²) >= 11 is 5.76. The second kappa shape index (κ2) is 4.47. The zero-order valence-corrected chi connectivity index (χ0v) is 9.31. The van der Waals surface area contributed by atoms with E-state index in [1.54, 1.807) is 12.1 Å². The van der Waals surface area contributed by atoms with Crippen LogP contribution in [0.1, 0.15) is 11.6 Å². The van der Waals surface area contributed by atoms with Gasteiger partial charge in [0.15, 0.2) is 0 Å². The van der Waals surface area contributed by atoms with Crippen LogP contribution in [0, 0.1) is 11.7 Å². The van der Waals surface area contributed by atoms with E-state index < -0.39 is 0 Å². The number of rotatable bonds is 3. The zero-order chi connectivity index (χ0) is 10.8. The van der Waals surface area contributed by atoms with Crippen LogP contribution in [0.5, 0.6) is 0 Å². The molecule has 1 aromatic carbocycles. The first-order chi connectivity index (χ1) is 7.22. The van der Waals surface area contributed by atoms with Gasteiger partial charge in [0, 0.05) is 25.0 Å². The third-order valence-corrected chi connectivity index (χ3v) is 3.19. The van der Waals surface area contributed by atoms with Gasteiger partial charge >= 0.3 is 0 Å². The molecule has 0 amide bonds. The third-order valence-electron chi connectivity index (χ3n) is 2.90. The molecule has 0 radical (unpaired) electrons. The van der Waals surface area contributed by atoms with Crippen LogP contribution in [0.4, 0.5) is 4.39 Å². The van der Waals surface area contributed by atoms with E-state index in [-0.39, 0.29) is 16.9 Å². The van der Waals surface area contributed by atoms with Crippen LogP contribution in [0.2, 0.25) is 5.02 Å². The number of benzene rings is 1. The van der Waals surface area contributed by atoms with Gasteiger partial charge < -0.3 is 10.6 Å². The summed E-state index contributed by atoms with van der Waals surface area (Å²) in [4.78, 5) is 0. The topological polar surface area (TPSA) is 24.1 Å². The largest absolute Gasteiger partial charge is 0.316 e. The molecule has 1 saturated heterocycles. The fourth-order valence-corrected chi connectivity index (χ4v) is 2.12. The van der Waals surface area contributed by atoms with Gasteiger partial charge in [-0.2, -0.15) is 0 Å². The van der Waals surface area contributed by atoms with E-state index in [4.69, 9.17) is 11.6 Å². The Hall–Kier alpha value is -0.640. The lowest BCUT2D eigenvalue weighted by molar-refractivity contribution is 0.268. The Labute approximate surface area is 93.8 Å². The highest BCUT2D eigenvalue weighted by atomic mass is 35.5. The Bertz CT molecular complexity index is 352. The molecule has 0 saturated carbocycles. The van der Waals surface area contributed by atoms with Crippen molar-refractivity contribution in [2.75, 3.05) is 20.1 Å². The van der Waals surface area contributed by atoms with Crippen molar-refractivity contribution in [2.45, 2.75) is 6.04 Å². The van der Waals surface area contributed by atoms with Gasteiger partial charge in [0.25, 0.3) is 0 Å². The lowest BCUT2D eigenvalue weighted by atomic mass is 9.89. The molecule has 2 nitrogen and oxygen atoms in total. The molecule has 0 aliphatic carbocycles. The van der Waals surface area contributed by atoms with Gasteiger partial charge in [-0.25, -0.2) is 4.39 Å². The predicted octanol–water partition coefficient (Wildman–Crippen LogP) is 1.96. The molecule has 1 heterocycles. The van der Waals surface area contributed by atoms with Crippen LogP contribution < -0.4 is 10.6 Å². The summed E-state index contributed by atoms with van der Waals surface area (Å²) in [5, 5.41) is 6.67. The van der Waals surface area contributed by atoms with Crippen molar-refractivity contribution in [3.05, 3.63) is 34.6 Å². The van der Waals surface area contributed by atoms with E-state index >= 15 is 0 Å². The van der Waals surface area contributed by atoms with E-state index in [0.717, 1.165) is 18.7 Å². The smallest absolute Gasteiger partial charge is 0.141 e. The molecule has 15 heavy (non-hydrogen) atoms. The highest BCUT2D eigenvalue weighted by Crippen LogP contribution is 2.27. The van der Waals surface area contributed by atoms with Crippen molar-refractivity contribution < 1.29 is 4.39 Å². The van der Waals surface area contributed by atoms with Gasteiger partial charge in [0.1, 0.15) is 5.82 Å². The first-order valence-electron chi connectivity index (χ1n) is 5.05. The molecule has 1 aromatic rings. The Balaban J connectivity index is 2.21. The number of hydrogen-bond donors (Lipinski definition) is 2. The molecule has 1 fully saturated rings. The van der Waals surface area contributed by atoms with Crippen LogP contribution in [0.25, 0.3) is 0 Å². The average Bonchev–Trinajstić information content (AvgIpc) is 2.16. The third kappa shape index (κ3) is 2.14. The van der Waals surface area contributed by atoms with Gasteiger partial charge in [0.05, 0.1) is 5.02 Å². The summed E-state index contributed by atoms with van der Waals surface area (Å²) in [6.07, 6.45) is 0. The molecule has 0 bridgehead atoms. The molecule has 0 aromatic heterocycles. The summed E-state index contributed by atoms with van der Waals surface area (Å²) in [5.41, 5.74) is 1.05. The van der Waals surface area contributed by atoms with Crippen LogP contribution in [0.3, 0.4) is 0 Å². The molecule has 82 valence electrons. The molecular formula is C11H14ClFN2. The predicted molar refractivity (Wildman–Crippen MR) is 59.6 cm³/mol. The minimum atomic E-state index is -0.359. The molecule has 0 spiro atoms. The molecule has 1 unspecified atom stereocenters. The van der Waals surface area contributed by atoms with Crippen LogP contribution in [0.15, 0.2) is 18.2 Å². The summed E-state index contributed by atoms with van der Waals surface area (Å²) in [7, 11) is 1.92. The van der Waals surface area contributed by atoms with Crippen molar-refractivity contribution >= 4 is 11.6 Å². The molecule has 1 aliphatic rings. The maximum atomic E-state index is 13.0. The summed E-state index contributed by atoms with van der Waals surface area (Å²) in [6, 6.07) is 5.18. The highest BCUT2D eigenvalue weighted by molar-refractivity contribution is 6.30. The van der Waals surface area contributed by atoms with Gasteiger partial charge in [0.2, 0.25) is 0 Å². The van der Waals surface area contributed by atoms with Crippen LogP contribution in [-0.2, 0) is 0 Å². The number of nitrogens with one attached hydrogen (secondary N) is 2. The normalized spacial score (nSPS) is 18.6. The van der Waals surface area contributed by atoms with Gasteiger partial charge in [-0.15, -0.1) is 0 Å². The highest BCUT2D eigenvalue weighted by Gasteiger charge is 2.27. The van der Waals surface area contributed by atoms with E-state index in [9.17, 15) is 4.39 Å². The molecule has 4 heteroatoms. The maximum Gasteiger partial charge on any atom is 0.141 e.